The molecule has 5 heteroatoms. The van der Waals surface area contributed by atoms with Crippen LogP contribution in [-0.4, -0.2) is 19.0 Å². The maximum Gasteiger partial charge on any atom is 0.269 e. The lowest BCUT2D eigenvalue weighted by Crippen LogP contribution is -2.09. The van der Waals surface area contributed by atoms with Crippen molar-refractivity contribution < 1.29 is 4.92 Å². The van der Waals surface area contributed by atoms with Crippen LogP contribution in [0.15, 0.2) is 48.5 Å². The Morgan fingerprint density at radius 3 is 2.38 bits per heavy atom. The molecule has 21 heavy (non-hydrogen) atoms. The van der Waals surface area contributed by atoms with Crippen molar-refractivity contribution in [2.75, 3.05) is 24.3 Å². The maximum atomic E-state index is 10.8. The first-order valence-electron chi connectivity index (χ1n) is 6.75. The minimum atomic E-state index is -0.373. The zero-order valence-electron chi connectivity index (χ0n) is 12.4. The second kappa shape index (κ2) is 6.26. The molecule has 0 amide bonds. The summed E-state index contributed by atoms with van der Waals surface area (Å²) in [5.41, 5.74) is 3.12. The molecule has 2 rings (SSSR count). The Kier molecular flexibility index (Phi) is 4.42. The molecule has 1 N–H and O–H groups in total. The van der Waals surface area contributed by atoms with Gasteiger partial charge < -0.3 is 10.2 Å². The van der Waals surface area contributed by atoms with Crippen LogP contribution in [0.2, 0.25) is 0 Å². The van der Waals surface area contributed by atoms with Gasteiger partial charge in [-0.25, -0.2) is 0 Å². The van der Waals surface area contributed by atoms with E-state index in [1.165, 1.54) is 6.07 Å². The Morgan fingerprint density at radius 2 is 1.81 bits per heavy atom. The SMILES string of the molecule is CC(Nc1ccc(N(C)C)cc1)c1cccc([N+](=O)[O-])c1. The summed E-state index contributed by atoms with van der Waals surface area (Å²) < 4.78 is 0. The number of nitrogens with one attached hydrogen (secondary N) is 1. The highest BCUT2D eigenvalue weighted by molar-refractivity contribution is 5.55. The quantitative estimate of drug-likeness (QED) is 0.670. The number of rotatable bonds is 5. The molecule has 0 aromatic heterocycles. The molecule has 110 valence electrons. The molecule has 0 aliphatic rings. The van der Waals surface area contributed by atoms with Gasteiger partial charge in [0, 0.05) is 43.6 Å². The van der Waals surface area contributed by atoms with Crippen molar-refractivity contribution in [3.05, 3.63) is 64.2 Å². The molecule has 0 aliphatic heterocycles. The Balaban J connectivity index is 2.12. The number of hydrogen-bond donors (Lipinski definition) is 1. The van der Waals surface area contributed by atoms with Crippen molar-refractivity contribution in [1.82, 2.24) is 0 Å². The van der Waals surface area contributed by atoms with Crippen molar-refractivity contribution in [2.24, 2.45) is 0 Å². The van der Waals surface area contributed by atoms with Crippen LogP contribution >= 0.6 is 0 Å². The third-order valence-corrected chi connectivity index (χ3v) is 3.35. The van der Waals surface area contributed by atoms with Gasteiger partial charge in [0.05, 0.1) is 4.92 Å². The van der Waals surface area contributed by atoms with Crippen LogP contribution in [0.3, 0.4) is 0 Å². The predicted molar refractivity (Wildman–Crippen MR) is 85.9 cm³/mol. The molecule has 0 saturated heterocycles. The van der Waals surface area contributed by atoms with Crippen LogP contribution in [0.1, 0.15) is 18.5 Å². The third-order valence-electron chi connectivity index (χ3n) is 3.35. The van der Waals surface area contributed by atoms with Gasteiger partial charge in [0.2, 0.25) is 0 Å². The molecule has 0 bridgehead atoms. The molecule has 0 aliphatic carbocycles. The Hall–Kier alpha value is -2.56. The number of anilines is 2. The summed E-state index contributed by atoms with van der Waals surface area (Å²) in [4.78, 5) is 12.5. The molecule has 1 atom stereocenters. The molecular weight excluding hydrogens is 266 g/mol. The number of non-ortho nitro benzene ring substituents is 1. The summed E-state index contributed by atoms with van der Waals surface area (Å²) >= 11 is 0. The van der Waals surface area contributed by atoms with E-state index in [2.05, 4.69) is 5.32 Å². The maximum absolute atomic E-state index is 10.8. The summed E-state index contributed by atoms with van der Waals surface area (Å²) in [6, 6.07) is 14.8. The molecule has 0 radical (unpaired) electrons. The first-order valence-corrected chi connectivity index (χ1v) is 6.75. The number of benzene rings is 2. The first-order chi connectivity index (χ1) is 9.97. The number of hydrogen-bond acceptors (Lipinski definition) is 4. The molecule has 0 heterocycles. The van der Waals surface area contributed by atoms with Crippen molar-refractivity contribution in [3.63, 3.8) is 0 Å². The van der Waals surface area contributed by atoms with Crippen molar-refractivity contribution in [2.45, 2.75) is 13.0 Å². The molecule has 5 nitrogen and oxygen atoms in total. The van der Waals surface area contributed by atoms with Gasteiger partial charge >= 0.3 is 0 Å². The van der Waals surface area contributed by atoms with Crippen molar-refractivity contribution in [3.8, 4) is 0 Å². The van der Waals surface area contributed by atoms with E-state index in [1.54, 1.807) is 12.1 Å². The topological polar surface area (TPSA) is 58.4 Å². The standard InChI is InChI=1S/C16H19N3O2/c1-12(13-5-4-6-16(11-13)19(20)21)17-14-7-9-15(10-8-14)18(2)3/h4-12,17H,1-3H3. The van der Waals surface area contributed by atoms with E-state index >= 15 is 0 Å². The van der Waals surface area contributed by atoms with Gasteiger partial charge in [-0.2, -0.15) is 0 Å². The summed E-state index contributed by atoms with van der Waals surface area (Å²) in [6.07, 6.45) is 0. The second-order valence-electron chi connectivity index (χ2n) is 5.16. The minimum Gasteiger partial charge on any atom is -0.379 e. The van der Waals surface area contributed by atoms with Gasteiger partial charge in [-0.15, -0.1) is 0 Å². The fourth-order valence-corrected chi connectivity index (χ4v) is 2.10. The van der Waals surface area contributed by atoms with Crippen LogP contribution in [-0.2, 0) is 0 Å². The van der Waals surface area contributed by atoms with Crippen molar-refractivity contribution >= 4 is 17.1 Å². The van der Waals surface area contributed by atoms with Crippen LogP contribution in [0, 0.1) is 10.1 Å². The van der Waals surface area contributed by atoms with E-state index in [9.17, 15) is 10.1 Å². The third kappa shape index (κ3) is 3.72. The van der Waals surface area contributed by atoms with Gasteiger partial charge in [-0.05, 0) is 36.8 Å². The highest BCUT2D eigenvalue weighted by Gasteiger charge is 2.10. The molecule has 0 saturated carbocycles. The lowest BCUT2D eigenvalue weighted by atomic mass is 10.1. The molecule has 0 spiro atoms. The smallest absolute Gasteiger partial charge is 0.269 e. The van der Waals surface area contributed by atoms with Crippen molar-refractivity contribution in [1.29, 1.82) is 0 Å². The van der Waals surface area contributed by atoms with Gasteiger partial charge in [-0.1, -0.05) is 12.1 Å². The normalized spacial score (nSPS) is 11.8. The highest BCUT2D eigenvalue weighted by Crippen LogP contribution is 2.24. The number of nitrogens with zero attached hydrogens (tertiary/aromatic N) is 2. The summed E-state index contributed by atoms with van der Waals surface area (Å²) in [7, 11) is 3.99. The van der Waals surface area contributed by atoms with E-state index < -0.39 is 0 Å². The van der Waals surface area contributed by atoms with Gasteiger partial charge in [-0.3, -0.25) is 10.1 Å². The monoisotopic (exact) mass is 285 g/mol. The average Bonchev–Trinajstić information content (AvgIpc) is 2.48. The molecule has 2 aromatic carbocycles. The van der Waals surface area contributed by atoms with Crippen LogP contribution in [0.4, 0.5) is 17.1 Å². The van der Waals surface area contributed by atoms with Gasteiger partial charge in [0.15, 0.2) is 0 Å². The summed E-state index contributed by atoms with van der Waals surface area (Å²) in [6.45, 7) is 1.99. The van der Waals surface area contributed by atoms with E-state index in [-0.39, 0.29) is 16.7 Å². The lowest BCUT2D eigenvalue weighted by molar-refractivity contribution is -0.384. The van der Waals surface area contributed by atoms with Crippen LogP contribution < -0.4 is 10.2 Å². The first kappa shape index (κ1) is 14.8. The fourth-order valence-electron chi connectivity index (χ4n) is 2.10. The van der Waals surface area contributed by atoms with Gasteiger partial charge in [0.25, 0.3) is 5.69 Å². The number of nitro benzene ring substituents is 1. The Morgan fingerprint density at radius 1 is 1.14 bits per heavy atom. The van der Waals surface area contributed by atoms with E-state index in [0.717, 1.165) is 16.9 Å². The van der Waals surface area contributed by atoms with E-state index in [1.807, 2.05) is 56.3 Å². The summed E-state index contributed by atoms with van der Waals surface area (Å²) in [5, 5.41) is 14.2. The van der Waals surface area contributed by atoms with E-state index in [4.69, 9.17) is 0 Å². The Labute approximate surface area is 124 Å². The largest absolute Gasteiger partial charge is 0.379 e. The molecule has 1 unspecified atom stereocenters. The van der Waals surface area contributed by atoms with E-state index in [0.29, 0.717) is 0 Å². The fraction of sp³-hybridized carbons (Fsp3) is 0.250. The van der Waals surface area contributed by atoms with Gasteiger partial charge in [0.1, 0.15) is 0 Å². The summed E-state index contributed by atoms with van der Waals surface area (Å²) in [5.74, 6) is 0. The molecule has 0 fully saturated rings. The highest BCUT2D eigenvalue weighted by atomic mass is 16.6. The average molecular weight is 285 g/mol. The lowest BCUT2D eigenvalue weighted by Gasteiger charge is -2.17. The van der Waals surface area contributed by atoms with Crippen LogP contribution in [0.25, 0.3) is 0 Å². The zero-order valence-corrected chi connectivity index (χ0v) is 12.4. The molecular formula is C16H19N3O2. The molecule has 2 aromatic rings. The predicted octanol–water partition coefficient (Wildman–Crippen LogP) is 3.83. The van der Waals surface area contributed by atoms with Crippen LogP contribution in [0.5, 0.6) is 0 Å². The second-order valence-corrected chi connectivity index (χ2v) is 5.16. The Bertz CT molecular complexity index is 624. The zero-order chi connectivity index (χ0) is 15.4. The number of nitro groups is 1. The minimum absolute atomic E-state index is 0.00453.